The molecule has 1 atom stereocenters. The molecule has 0 aromatic carbocycles. The molecule has 1 heterocycles. The van der Waals surface area contributed by atoms with E-state index in [9.17, 15) is 9.59 Å². The van der Waals surface area contributed by atoms with E-state index >= 15 is 0 Å². The van der Waals surface area contributed by atoms with Crippen molar-refractivity contribution < 1.29 is 14.7 Å². The molecule has 0 aliphatic carbocycles. The number of aliphatic hydroxyl groups is 1. The van der Waals surface area contributed by atoms with Crippen LogP contribution < -0.4 is 5.32 Å². The van der Waals surface area contributed by atoms with Crippen molar-refractivity contribution in [3.8, 4) is 0 Å². The Morgan fingerprint density at radius 3 is 2.71 bits per heavy atom. The predicted octanol–water partition coefficient (Wildman–Crippen LogP) is 1.16. The van der Waals surface area contributed by atoms with Gasteiger partial charge in [-0.05, 0) is 19.1 Å². The summed E-state index contributed by atoms with van der Waals surface area (Å²) in [5, 5.41) is 12.2. The maximum atomic E-state index is 12.0. The summed E-state index contributed by atoms with van der Waals surface area (Å²) in [6.45, 7) is 3.10. The molecule has 5 nitrogen and oxygen atoms in total. The van der Waals surface area contributed by atoms with Gasteiger partial charge in [-0.3, -0.25) is 9.59 Å². The van der Waals surface area contributed by atoms with Crippen LogP contribution in [0.2, 0.25) is 0 Å². The lowest BCUT2D eigenvalue weighted by Gasteiger charge is -2.22. The zero-order valence-corrected chi connectivity index (χ0v) is 10.9. The third-order valence-corrected chi connectivity index (χ3v) is 3.35. The number of nitrogens with zero attached hydrogens (tertiary/aromatic N) is 1. The highest BCUT2D eigenvalue weighted by Crippen LogP contribution is 2.23. The van der Waals surface area contributed by atoms with E-state index in [-0.39, 0.29) is 24.5 Å². The first-order valence-electron chi connectivity index (χ1n) is 5.21. The first-order chi connectivity index (χ1) is 7.95. The summed E-state index contributed by atoms with van der Waals surface area (Å²) < 4.78 is 0. The smallest absolute Gasteiger partial charge is 0.264 e. The van der Waals surface area contributed by atoms with Crippen molar-refractivity contribution in [1.82, 2.24) is 4.90 Å². The van der Waals surface area contributed by atoms with Crippen LogP contribution in [0.3, 0.4) is 0 Å². The van der Waals surface area contributed by atoms with Crippen LogP contribution in [-0.4, -0.2) is 41.5 Å². The topological polar surface area (TPSA) is 69.6 Å². The van der Waals surface area contributed by atoms with E-state index in [1.165, 1.54) is 23.2 Å². The average molecular weight is 256 g/mol. The molecule has 1 unspecified atom stereocenters. The quantitative estimate of drug-likeness (QED) is 0.849. The highest BCUT2D eigenvalue weighted by atomic mass is 32.1. The van der Waals surface area contributed by atoms with Crippen molar-refractivity contribution in [2.45, 2.75) is 19.9 Å². The molecule has 2 amide bonds. The maximum Gasteiger partial charge on any atom is 0.264 e. The number of likely N-dealkylation sites (N-methyl/N-ethyl adjacent to an activating group) is 1. The first kappa shape index (κ1) is 13.7. The second kappa shape index (κ2) is 5.79. The fourth-order valence-corrected chi connectivity index (χ4v) is 2.13. The van der Waals surface area contributed by atoms with Gasteiger partial charge in [-0.25, -0.2) is 0 Å². The lowest BCUT2D eigenvalue weighted by molar-refractivity contribution is -0.114. The minimum absolute atomic E-state index is 0.0772. The minimum Gasteiger partial charge on any atom is -0.394 e. The fourth-order valence-electron chi connectivity index (χ4n) is 1.19. The molecular weight excluding hydrogens is 240 g/mol. The first-order valence-corrected chi connectivity index (χ1v) is 6.02. The number of carbonyl (C=O) groups is 2. The third-order valence-electron chi connectivity index (χ3n) is 2.36. The van der Waals surface area contributed by atoms with Crippen LogP contribution in [0.15, 0.2) is 12.1 Å². The Bertz CT molecular complexity index is 417. The Kier molecular flexibility index (Phi) is 4.65. The largest absolute Gasteiger partial charge is 0.394 e. The number of thiophene rings is 1. The van der Waals surface area contributed by atoms with E-state index < -0.39 is 0 Å². The number of hydrogen-bond donors (Lipinski definition) is 2. The van der Waals surface area contributed by atoms with Crippen LogP contribution in [0.1, 0.15) is 23.5 Å². The zero-order valence-electron chi connectivity index (χ0n) is 10.1. The standard InChI is InChI=1S/C11H16N2O3S/c1-7(6-14)13(3)11(16)9-4-5-10(17-9)12-8(2)15/h4-5,7,14H,6H2,1-3H3,(H,12,15). The van der Waals surface area contributed by atoms with Gasteiger partial charge < -0.3 is 15.3 Å². The molecule has 1 rings (SSSR count). The monoisotopic (exact) mass is 256 g/mol. The van der Waals surface area contributed by atoms with Crippen molar-refractivity contribution in [2.75, 3.05) is 19.0 Å². The van der Waals surface area contributed by atoms with Crippen molar-refractivity contribution in [2.24, 2.45) is 0 Å². The van der Waals surface area contributed by atoms with E-state index in [1.54, 1.807) is 26.1 Å². The normalized spacial score (nSPS) is 12.0. The van der Waals surface area contributed by atoms with Crippen molar-refractivity contribution in [3.05, 3.63) is 17.0 Å². The van der Waals surface area contributed by atoms with Gasteiger partial charge >= 0.3 is 0 Å². The Balaban J connectivity index is 2.76. The van der Waals surface area contributed by atoms with Crippen molar-refractivity contribution in [1.29, 1.82) is 0 Å². The van der Waals surface area contributed by atoms with E-state index in [4.69, 9.17) is 5.11 Å². The minimum atomic E-state index is -0.228. The second-order valence-electron chi connectivity index (χ2n) is 3.79. The molecule has 0 spiro atoms. The van der Waals surface area contributed by atoms with Gasteiger partial charge in [-0.2, -0.15) is 0 Å². The molecule has 6 heteroatoms. The van der Waals surface area contributed by atoms with Gasteiger partial charge in [0.2, 0.25) is 5.91 Å². The number of amides is 2. The predicted molar refractivity (Wildman–Crippen MR) is 67.3 cm³/mol. The summed E-state index contributed by atoms with van der Waals surface area (Å²) in [5.41, 5.74) is 0. The number of carbonyl (C=O) groups excluding carboxylic acids is 2. The van der Waals surface area contributed by atoms with Crippen LogP contribution in [0.4, 0.5) is 5.00 Å². The SMILES string of the molecule is CC(=O)Nc1ccc(C(=O)N(C)C(C)CO)s1. The van der Waals surface area contributed by atoms with Crippen LogP contribution in [0.25, 0.3) is 0 Å². The highest BCUT2D eigenvalue weighted by molar-refractivity contribution is 7.18. The van der Waals surface area contributed by atoms with Gasteiger partial charge in [0, 0.05) is 14.0 Å². The molecule has 2 N–H and O–H groups in total. The van der Waals surface area contributed by atoms with Gasteiger partial charge in [0.15, 0.2) is 0 Å². The molecule has 94 valence electrons. The van der Waals surface area contributed by atoms with E-state index in [0.29, 0.717) is 9.88 Å². The molecule has 0 saturated carbocycles. The van der Waals surface area contributed by atoms with E-state index in [2.05, 4.69) is 5.32 Å². The lowest BCUT2D eigenvalue weighted by Crippen LogP contribution is -2.36. The molecule has 0 fully saturated rings. The number of hydrogen-bond acceptors (Lipinski definition) is 4. The number of rotatable bonds is 4. The molecule has 0 radical (unpaired) electrons. The molecule has 1 aromatic rings. The molecule has 0 bridgehead atoms. The summed E-state index contributed by atoms with van der Waals surface area (Å²) in [5.74, 6) is -0.323. The summed E-state index contributed by atoms with van der Waals surface area (Å²) in [6.07, 6.45) is 0. The van der Waals surface area contributed by atoms with Crippen LogP contribution in [0.5, 0.6) is 0 Å². The van der Waals surface area contributed by atoms with Crippen molar-refractivity contribution in [3.63, 3.8) is 0 Å². The van der Waals surface area contributed by atoms with E-state index in [0.717, 1.165) is 0 Å². The Hall–Kier alpha value is -1.40. The van der Waals surface area contributed by atoms with Gasteiger partial charge in [-0.1, -0.05) is 0 Å². The Labute approximate surface area is 104 Å². The average Bonchev–Trinajstić information content (AvgIpc) is 2.73. The number of aliphatic hydroxyl groups excluding tert-OH is 1. The summed E-state index contributed by atoms with van der Waals surface area (Å²) in [4.78, 5) is 24.8. The molecule has 0 aliphatic rings. The highest BCUT2D eigenvalue weighted by Gasteiger charge is 2.18. The summed E-state index contributed by atoms with van der Waals surface area (Å²) in [7, 11) is 1.64. The van der Waals surface area contributed by atoms with Gasteiger partial charge in [0.05, 0.1) is 22.5 Å². The summed E-state index contributed by atoms with van der Waals surface area (Å²) >= 11 is 1.22. The van der Waals surface area contributed by atoms with Gasteiger partial charge in [-0.15, -0.1) is 11.3 Å². The second-order valence-corrected chi connectivity index (χ2v) is 4.88. The zero-order chi connectivity index (χ0) is 13.0. The molecule has 1 aromatic heterocycles. The molecule has 0 aliphatic heterocycles. The molecule has 17 heavy (non-hydrogen) atoms. The van der Waals surface area contributed by atoms with E-state index in [1.807, 2.05) is 0 Å². The molecule has 0 saturated heterocycles. The lowest BCUT2D eigenvalue weighted by atomic mass is 10.3. The van der Waals surface area contributed by atoms with Crippen molar-refractivity contribution >= 4 is 28.2 Å². The fraction of sp³-hybridized carbons (Fsp3) is 0.455. The maximum absolute atomic E-state index is 12.0. The Morgan fingerprint density at radius 1 is 1.53 bits per heavy atom. The van der Waals surface area contributed by atoms with Gasteiger partial charge in [0.25, 0.3) is 5.91 Å². The summed E-state index contributed by atoms with van der Waals surface area (Å²) in [6, 6.07) is 3.13. The van der Waals surface area contributed by atoms with Gasteiger partial charge in [0.1, 0.15) is 0 Å². The Morgan fingerprint density at radius 2 is 2.18 bits per heavy atom. The van der Waals surface area contributed by atoms with Crippen LogP contribution >= 0.6 is 11.3 Å². The number of nitrogens with one attached hydrogen (secondary N) is 1. The van der Waals surface area contributed by atoms with Crippen LogP contribution in [0, 0.1) is 0 Å². The number of anilines is 1. The molecular formula is C11H16N2O3S. The third kappa shape index (κ3) is 3.54. The van der Waals surface area contributed by atoms with Crippen LogP contribution in [-0.2, 0) is 4.79 Å².